The Balaban J connectivity index is 4.02. The van der Waals surface area contributed by atoms with Crippen LogP contribution in [0, 0.1) is 0 Å². The molecule has 50 valence electrons. The van der Waals surface area contributed by atoms with Gasteiger partial charge in [-0.2, -0.15) is 0 Å². The third-order valence-electron chi connectivity index (χ3n) is 0.341. The Bertz CT molecular complexity index is 65.4. The number of hydrogen-bond acceptors (Lipinski definition) is 1. The topological polar surface area (TPSA) is 0 Å². The smallest absolute Gasteiger partial charge is 0.136 e. The van der Waals surface area contributed by atoms with Gasteiger partial charge < -0.3 is 0 Å². The summed E-state index contributed by atoms with van der Waals surface area (Å²) >= 11 is 29.7. The second-order valence-electron chi connectivity index (χ2n) is 1.04. The molecule has 6 heteroatoms. The monoisotopic (exact) mass is 232 g/mol. The van der Waals surface area contributed by atoms with E-state index in [4.69, 9.17) is 58.0 Å². The van der Waals surface area contributed by atoms with Gasteiger partial charge in [0.2, 0.25) is 7.46 Å². The third kappa shape index (κ3) is 3.09. The zero-order valence-electron chi connectivity index (χ0n) is 3.34. The highest BCUT2D eigenvalue weighted by Gasteiger charge is 2.42. The first-order valence-electron chi connectivity index (χ1n) is 1.42. The lowest BCUT2D eigenvalue weighted by atomic mass is 10.9. The first-order valence-corrected chi connectivity index (χ1v) is 3.76. The summed E-state index contributed by atoms with van der Waals surface area (Å²) in [4.78, 5) is 0. The van der Waals surface area contributed by atoms with Crippen LogP contribution in [0.1, 0.15) is 0 Å². The average Bonchev–Trinajstić information content (AvgIpc) is 1.25. The van der Waals surface area contributed by atoms with E-state index in [1.54, 1.807) is 0 Å². The largest absolute Gasteiger partial charge is 0.232 e. The summed E-state index contributed by atoms with van der Waals surface area (Å²) in [7, 11) is 0. The molecule has 0 N–H and O–H groups in total. The highest BCUT2D eigenvalue weighted by Crippen LogP contribution is 2.48. The molecule has 0 aliphatic carbocycles. The highest BCUT2D eigenvalue weighted by atomic mass is 35.6. The van der Waals surface area contributed by atoms with Gasteiger partial charge >= 0.3 is 0 Å². The molecule has 0 spiro atoms. The first kappa shape index (κ1) is 9.80. The summed E-state index contributed by atoms with van der Waals surface area (Å²) in [6, 6.07) is 0. The maximum absolute atomic E-state index is 5.24. The van der Waals surface area contributed by atoms with Crippen molar-refractivity contribution in [3.05, 3.63) is 0 Å². The maximum Gasteiger partial charge on any atom is 0.232 e. The van der Waals surface area contributed by atoms with E-state index in [0.29, 0.717) is 0 Å². The van der Waals surface area contributed by atoms with Crippen LogP contribution in [-0.4, -0.2) is 7.46 Å². The van der Waals surface area contributed by atoms with Gasteiger partial charge in [-0.05, 0) is 0 Å². The van der Waals surface area contributed by atoms with Crippen LogP contribution < -0.4 is 0 Å². The fraction of sp³-hybridized carbons (Fsp3) is 1.00. The number of rotatable bonds is 0. The molecule has 0 unspecified atom stereocenters. The number of hydrogen-bond donors (Lipinski definition) is 1. The van der Waals surface area contributed by atoms with Crippen molar-refractivity contribution in [3.8, 4) is 0 Å². The van der Waals surface area contributed by atoms with Gasteiger partial charge in [0.15, 0.2) is 0 Å². The number of halogens is 5. The Hall–Kier alpha value is 1.80. The Kier molecular flexibility index (Phi) is 3.44. The number of alkyl halides is 5. The van der Waals surface area contributed by atoms with Crippen LogP contribution in [0.4, 0.5) is 0 Å². The van der Waals surface area contributed by atoms with Crippen molar-refractivity contribution in [1.82, 2.24) is 0 Å². The Morgan fingerprint density at radius 1 is 0.875 bits per heavy atom. The van der Waals surface area contributed by atoms with Crippen molar-refractivity contribution >= 4 is 70.6 Å². The van der Waals surface area contributed by atoms with Gasteiger partial charge in [0, 0.05) is 0 Å². The summed E-state index contributed by atoms with van der Waals surface area (Å²) < 4.78 is -3.38. The van der Waals surface area contributed by atoms with Crippen LogP contribution in [0.25, 0.3) is 0 Å². The second kappa shape index (κ2) is 2.81. The summed E-state index contributed by atoms with van der Waals surface area (Å²) in [5.41, 5.74) is 0. The molecule has 0 aliphatic heterocycles. The van der Waals surface area contributed by atoms with Gasteiger partial charge in [-0.1, -0.05) is 58.0 Å². The van der Waals surface area contributed by atoms with Crippen molar-refractivity contribution in [3.63, 3.8) is 0 Å². The first-order chi connectivity index (χ1) is 3.25. The second-order valence-corrected chi connectivity index (χ2v) is 5.85. The van der Waals surface area contributed by atoms with E-state index >= 15 is 0 Å². The van der Waals surface area contributed by atoms with Crippen LogP contribution in [0.2, 0.25) is 0 Å². The summed E-state index contributed by atoms with van der Waals surface area (Å²) in [6.45, 7) is 0. The van der Waals surface area contributed by atoms with Crippen molar-refractivity contribution in [2.45, 2.75) is 7.46 Å². The predicted octanol–water partition coefficient (Wildman–Crippen LogP) is 3.42. The molecule has 0 aliphatic rings. The number of thiol groups is 1. The van der Waals surface area contributed by atoms with Crippen LogP contribution in [0.15, 0.2) is 0 Å². The third-order valence-corrected chi connectivity index (χ3v) is 3.07. The van der Waals surface area contributed by atoms with E-state index in [-0.39, 0.29) is 0 Å². The fourth-order valence-electron chi connectivity index (χ4n) is 0. The van der Waals surface area contributed by atoms with Crippen LogP contribution in [0.3, 0.4) is 0 Å². The minimum Gasteiger partial charge on any atom is -0.136 e. The van der Waals surface area contributed by atoms with Gasteiger partial charge in [-0.15, -0.1) is 12.6 Å². The van der Waals surface area contributed by atoms with Gasteiger partial charge in [0.05, 0.1) is 0 Å². The molecule has 0 bridgehead atoms. The standard InChI is InChI=1S/C2HCl5S/c3-1(4,5)2(6,7)8/h8H. The summed E-state index contributed by atoms with van der Waals surface area (Å²) in [5.74, 6) is 0. The predicted molar refractivity (Wildman–Crippen MR) is 43.7 cm³/mol. The van der Waals surface area contributed by atoms with Crippen LogP contribution in [0.5, 0.6) is 0 Å². The molecule has 0 aromatic rings. The minimum atomic E-state index is -1.75. The van der Waals surface area contributed by atoms with E-state index in [0.717, 1.165) is 0 Å². The van der Waals surface area contributed by atoms with Gasteiger partial charge in [-0.3, -0.25) is 0 Å². The van der Waals surface area contributed by atoms with Crippen molar-refractivity contribution in [1.29, 1.82) is 0 Å². The minimum absolute atomic E-state index is 1.63. The van der Waals surface area contributed by atoms with E-state index in [9.17, 15) is 0 Å². The van der Waals surface area contributed by atoms with Gasteiger partial charge in [0.1, 0.15) is 0 Å². The zero-order valence-corrected chi connectivity index (χ0v) is 8.01. The van der Waals surface area contributed by atoms with E-state index in [2.05, 4.69) is 12.6 Å². The molecule has 0 atom stereocenters. The highest BCUT2D eigenvalue weighted by molar-refractivity contribution is 7.85. The molecule has 0 rings (SSSR count). The van der Waals surface area contributed by atoms with Crippen molar-refractivity contribution in [2.75, 3.05) is 0 Å². The molecule has 0 nitrogen and oxygen atoms in total. The molecule has 0 radical (unpaired) electrons. The lowest BCUT2D eigenvalue weighted by Crippen LogP contribution is -2.23. The Morgan fingerprint density at radius 3 is 1.00 bits per heavy atom. The van der Waals surface area contributed by atoms with E-state index in [1.807, 2.05) is 0 Å². The SMILES string of the molecule is SC(Cl)(Cl)C(Cl)(Cl)Cl. The Morgan fingerprint density at radius 2 is 1.00 bits per heavy atom. The molecule has 0 saturated carbocycles. The maximum atomic E-state index is 5.24. The average molecular weight is 234 g/mol. The quantitative estimate of drug-likeness (QED) is 0.482. The normalized spacial score (nSPS) is 14.2. The van der Waals surface area contributed by atoms with Crippen molar-refractivity contribution in [2.24, 2.45) is 0 Å². The van der Waals surface area contributed by atoms with Gasteiger partial charge in [0.25, 0.3) is 0 Å². The van der Waals surface area contributed by atoms with Crippen LogP contribution >= 0.6 is 70.6 Å². The van der Waals surface area contributed by atoms with Gasteiger partial charge in [-0.25, -0.2) is 0 Å². The Labute approximate surface area is 77.8 Å². The summed E-state index contributed by atoms with van der Waals surface area (Å²) in [5, 5.41) is 0. The molecule has 0 heterocycles. The molecule has 0 aromatic heterocycles. The molecular weight excluding hydrogens is 233 g/mol. The van der Waals surface area contributed by atoms with Crippen molar-refractivity contribution < 1.29 is 0 Å². The molecule has 0 fully saturated rings. The van der Waals surface area contributed by atoms with E-state index < -0.39 is 7.46 Å². The molecule has 0 aromatic carbocycles. The molecular formula is C2HCl5S. The fourth-order valence-corrected chi connectivity index (χ4v) is 0. The molecule has 8 heavy (non-hydrogen) atoms. The zero-order chi connectivity index (χ0) is 7.00. The summed E-state index contributed by atoms with van der Waals surface area (Å²) in [6.07, 6.45) is 0. The lowest BCUT2D eigenvalue weighted by molar-refractivity contribution is 1.13. The van der Waals surface area contributed by atoms with E-state index in [1.165, 1.54) is 0 Å². The van der Waals surface area contributed by atoms with Crippen LogP contribution in [-0.2, 0) is 0 Å². The molecule has 0 saturated heterocycles. The lowest BCUT2D eigenvalue weighted by Gasteiger charge is -2.20. The molecule has 0 amide bonds.